The van der Waals surface area contributed by atoms with Crippen molar-refractivity contribution in [3.63, 3.8) is 0 Å². The number of benzene rings is 1. The summed E-state index contributed by atoms with van der Waals surface area (Å²) in [5.41, 5.74) is 1.45. The van der Waals surface area contributed by atoms with Gasteiger partial charge in [-0.15, -0.1) is 0 Å². The third kappa shape index (κ3) is 5.14. The minimum atomic E-state index is -0.220. The van der Waals surface area contributed by atoms with Crippen molar-refractivity contribution in [2.75, 3.05) is 6.54 Å². The average Bonchev–Trinajstić information content (AvgIpc) is 2.97. The van der Waals surface area contributed by atoms with Gasteiger partial charge in [0.15, 0.2) is 0 Å². The zero-order valence-electron chi connectivity index (χ0n) is 13.3. The topological polar surface area (TPSA) is 71.3 Å². The van der Waals surface area contributed by atoms with Crippen LogP contribution in [-0.2, 0) is 11.3 Å². The van der Waals surface area contributed by atoms with E-state index in [1.165, 1.54) is 6.08 Å². The van der Waals surface area contributed by atoms with Crippen LogP contribution in [-0.4, -0.2) is 18.4 Å². The first-order chi connectivity index (χ1) is 11.1. The lowest BCUT2D eigenvalue weighted by atomic mass is 10.1. The van der Waals surface area contributed by atoms with E-state index in [0.717, 1.165) is 11.3 Å². The molecule has 0 spiro atoms. The number of amides is 2. The van der Waals surface area contributed by atoms with Crippen molar-refractivity contribution >= 4 is 17.9 Å². The van der Waals surface area contributed by atoms with Crippen LogP contribution in [0.2, 0.25) is 0 Å². The lowest BCUT2D eigenvalue weighted by molar-refractivity contribution is -0.116. The van der Waals surface area contributed by atoms with Crippen LogP contribution in [0.5, 0.6) is 0 Å². The lowest BCUT2D eigenvalue weighted by Gasteiger charge is -2.06. The standard InChI is InChI=1S/C18H20N2O3/c1-3-19-18(22)15-6-4-5-14(11-15)12-20-17(21)10-9-16-8-7-13(2)23-16/h4-11H,3,12H2,1-2H3,(H,19,22)(H,20,21). The molecule has 2 rings (SSSR count). The van der Waals surface area contributed by atoms with Crippen LogP contribution < -0.4 is 10.6 Å². The van der Waals surface area contributed by atoms with E-state index in [4.69, 9.17) is 4.42 Å². The molecule has 0 bridgehead atoms. The summed E-state index contributed by atoms with van der Waals surface area (Å²) in [6, 6.07) is 10.8. The number of carbonyl (C=O) groups is 2. The summed E-state index contributed by atoms with van der Waals surface area (Å²) in [5.74, 6) is 1.10. The summed E-state index contributed by atoms with van der Waals surface area (Å²) in [7, 11) is 0. The van der Waals surface area contributed by atoms with E-state index < -0.39 is 0 Å². The highest BCUT2D eigenvalue weighted by Crippen LogP contribution is 2.08. The Morgan fingerprint density at radius 1 is 1.17 bits per heavy atom. The molecule has 1 aromatic heterocycles. The first-order valence-corrected chi connectivity index (χ1v) is 7.48. The van der Waals surface area contributed by atoms with E-state index in [2.05, 4.69) is 10.6 Å². The molecule has 23 heavy (non-hydrogen) atoms. The predicted molar refractivity (Wildman–Crippen MR) is 88.8 cm³/mol. The van der Waals surface area contributed by atoms with Gasteiger partial charge in [-0.05, 0) is 49.8 Å². The van der Waals surface area contributed by atoms with Crippen LogP contribution in [0.25, 0.3) is 6.08 Å². The minimum absolute atomic E-state index is 0.117. The second-order valence-electron chi connectivity index (χ2n) is 5.06. The Bertz CT molecular complexity index is 717. The van der Waals surface area contributed by atoms with E-state index >= 15 is 0 Å². The maximum atomic E-state index is 11.8. The van der Waals surface area contributed by atoms with Gasteiger partial charge < -0.3 is 15.1 Å². The molecule has 2 N–H and O–H groups in total. The second kappa shape index (κ2) is 7.98. The van der Waals surface area contributed by atoms with Crippen LogP contribution in [0.3, 0.4) is 0 Å². The third-order valence-corrected chi connectivity index (χ3v) is 3.15. The first kappa shape index (κ1) is 16.5. The molecule has 0 unspecified atom stereocenters. The fourth-order valence-electron chi connectivity index (χ4n) is 2.03. The molecule has 5 nitrogen and oxygen atoms in total. The fraction of sp³-hybridized carbons (Fsp3) is 0.222. The molecule has 120 valence electrons. The van der Waals surface area contributed by atoms with E-state index in [1.54, 1.807) is 30.3 Å². The molecule has 0 radical (unpaired) electrons. The number of aryl methyl sites for hydroxylation is 1. The molecule has 0 saturated heterocycles. The van der Waals surface area contributed by atoms with Gasteiger partial charge in [-0.1, -0.05) is 12.1 Å². The van der Waals surface area contributed by atoms with Crippen LogP contribution in [0.15, 0.2) is 46.9 Å². The monoisotopic (exact) mass is 312 g/mol. The third-order valence-electron chi connectivity index (χ3n) is 3.15. The number of furan rings is 1. The summed E-state index contributed by atoms with van der Waals surface area (Å²) in [5, 5.41) is 5.52. The van der Waals surface area contributed by atoms with Crippen LogP contribution in [0, 0.1) is 6.92 Å². The highest BCUT2D eigenvalue weighted by Gasteiger charge is 2.05. The Morgan fingerprint density at radius 3 is 2.70 bits per heavy atom. The van der Waals surface area contributed by atoms with Gasteiger partial charge in [0.05, 0.1) is 0 Å². The maximum absolute atomic E-state index is 11.8. The Kier molecular flexibility index (Phi) is 5.74. The van der Waals surface area contributed by atoms with Gasteiger partial charge in [-0.3, -0.25) is 9.59 Å². The van der Waals surface area contributed by atoms with Crippen LogP contribution in [0.1, 0.15) is 34.4 Å². The van der Waals surface area contributed by atoms with E-state index in [0.29, 0.717) is 24.4 Å². The highest BCUT2D eigenvalue weighted by atomic mass is 16.3. The zero-order chi connectivity index (χ0) is 16.7. The zero-order valence-corrected chi connectivity index (χ0v) is 13.3. The van der Waals surface area contributed by atoms with E-state index in [-0.39, 0.29) is 11.8 Å². The highest BCUT2D eigenvalue weighted by molar-refractivity contribution is 5.94. The smallest absolute Gasteiger partial charge is 0.251 e. The van der Waals surface area contributed by atoms with Crippen LogP contribution >= 0.6 is 0 Å². The molecule has 0 aliphatic heterocycles. The van der Waals surface area contributed by atoms with Crippen molar-refractivity contribution in [3.05, 3.63) is 65.1 Å². The number of carbonyl (C=O) groups excluding carboxylic acids is 2. The molecule has 2 amide bonds. The fourth-order valence-corrected chi connectivity index (χ4v) is 2.03. The molecule has 1 heterocycles. The molecular weight excluding hydrogens is 292 g/mol. The molecule has 0 aliphatic carbocycles. The van der Waals surface area contributed by atoms with Gasteiger partial charge in [0.1, 0.15) is 11.5 Å². The number of rotatable bonds is 6. The molecule has 0 atom stereocenters. The molecule has 2 aromatic rings. The van der Waals surface area contributed by atoms with Gasteiger partial charge in [0.25, 0.3) is 5.91 Å². The normalized spacial score (nSPS) is 10.7. The van der Waals surface area contributed by atoms with Gasteiger partial charge >= 0.3 is 0 Å². The van der Waals surface area contributed by atoms with Crippen molar-refractivity contribution in [1.29, 1.82) is 0 Å². The summed E-state index contributed by atoms with van der Waals surface area (Å²) < 4.78 is 5.35. The molecule has 0 fully saturated rings. The lowest BCUT2D eigenvalue weighted by Crippen LogP contribution is -2.23. The van der Waals surface area contributed by atoms with E-state index in [9.17, 15) is 9.59 Å². The summed E-state index contributed by atoms with van der Waals surface area (Å²) in [4.78, 5) is 23.6. The Labute approximate surface area is 135 Å². The Morgan fingerprint density at radius 2 is 2.00 bits per heavy atom. The van der Waals surface area contributed by atoms with Gasteiger partial charge in [0.2, 0.25) is 5.91 Å². The molecule has 0 aliphatic rings. The molecule has 1 aromatic carbocycles. The van der Waals surface area contributed by atoms with Gasteiger partial charge in [0, 0.05) is 24.7 Å². The molecule has 0 saturated carbocycles. The van der Waals surface area contributed by atoms with Crippen molar-refractivity contribution in [2.45, 2.75) is 20.4 Å². The molecule has 5 heteroatoms. The van der Waals surface area contributed by atoms with Crippen molar-refractivity contribution in [3.8, 4) is 0 Å². The van der Waals surface area contributed by atoms with Crippen molar-refractivity contribution in [2.24, 2.45) is 0 Å². The average molecular weight is 312 g/mol. The quantitative estimate of drug-likeness (QED) is 0.806. The van der Waals surface area contributed by atoms with Crippen molar-refractivity contribution < 1.29 is 14.0 Å². The van der Waals surface area contributed by atoms with Crippen molar-refractivity contribution in [1.82, 2.24) is 10.6 Å². The summed E-state index contributed by atoms with van der Waals surface area (Å²) >= 11 is 0. The summed E-state index contributed by atoms with van der Waals surface area (Å²) in [6.45, 7) is 4.65. The second-order valence-corrected chi connectivity index (χ2v) is 5.06. The Hall–Kier alpha value is -2.82. The van der Waals surface area contributed by atoms with E-state index in [1.807, 2.05) is 26.0 Å². The largest absolute Gasteiger partial charge is 0.462 e. The van der Waals surface area contributed by atoms with Gasteiger partial charge in [-0.2, -0.15) is 0 Å². The predicted octanol–water partition coefficient (Wildman–Crippen LogP) is 2.67. The first-order valence-electron chi connectivity index (χ1n) is 7.48. The number of nitrogens with one attached hydrogen (secondary N) is 2. The number of hydrogen-bond donors (Lipinski definition) is 2. The molecular formula is C18H20N2O3. The Balaban J connectivity index is 1.90. The minimum Gasteiger partial charge on any atom is -0.462 e. The van der Waals surface area contributed by atoms with Crippen LogP contribution in [0.4, 0.5) is 0 Å². The maximum Gasteiger partial charge on any atom is 0.251 e. The summed E-state index contributed by atoms with van der Waals surface area (Å²) in [6.07, 6.45) is 3.04. The SMILES string of the molecule is CCNC(=O)c1cccc(CNC(=O)C=Cc2ccc(C)o2)c1. The van der Waals surface area contributed by atoms with Gasteiger partial charge in [-0.25, -0.2) is 0 Å². The number of hydrogen-bond acceptors (Lipinski definition) is 3.